The number of benzene rings is 1. The Balaban J connectivity index is 1.47. The smallest absolute Gasteiger partial charge is 0.459 e. The highest BCUT2D eigenvalue weighted by Gasteiger charge is 2.38. The Labute approximate surface area is 219 Å². The van der Waals surface area contributed by atoms with E-state index in [-0.39, 0.29) is 29.7 Å². The van der Waals surface area contributed by atoms with E-state index in [1.165, 1.54) is 6.92 Å². The van der Waals surface area contributed by atoms with Crippen LogP contribution in [0.25, 0.3) is 11.2 Å². The maximum Gasteiger partial charge on any atom is 0.459 e. The highest BCUT2D eigenvalue weighted by Crippen LogP contribution is 2.46. The van der Waals surface area contributed by atoms with Crippen LogP contribution >= 0.6 is 19.3 Å². The summed E-state index contributed by atoms with van der Waals surface area (Å²) in [6.07, 6.45) is 0.967. The predicted octanol–water partition coefficient (Wildman–Crippen LogP) is 4.12. The largest absolute Gasteiger partial charge is 0.462 e. The zero-order valence-corrected chi connectivity index (χ0v) is 22.6. The minimum atomic E-state index is -4.00. The second kappa shape index (κ2) is 11.3. The molecule has 37 heavy (non-hydrogen) atoms. The number of rotatable bonds is 10. The average molecular weight is 553 g/mol. The molecule has 5 atom stereocenters. The first-order valence-electron chi connectivity index (χ1n) is 11.8. The Bertz CT molecular complexity index is 1290. The van der Waals surface area contributed by atoms with E-state index in [4.69, 9.17) is 35.9 Å². The number of hydrogen-bond donors (Lipinski definition) is 2. The van der Waals surface area contributed by atoms with Gasteiger partial charge < -0.3 is 19.7 Å². The molecule has 12 nitrogen and oxygen atoms in total. The molecule has 3 N–H and O–H groups in total. The van der Waals surface area contributed by atoms with Gasteiger partial charge in [0.2, 0.25) is 5.95 Å². The monoisotopic (exact) mass is 552 g/mol. The van der Waals surface area contributed by atoms with Crippen LogP contribution in [-0.2, 0) is 23.4 Å². The van der Waals surface area contributed by atoms with Gasteiger partial charge in [-0.15, -0.1) is 0 Å². The van der Waals surface area contributed by atoms with Crippen LogP contribution in [0.1, 0.15) is 40.3 Å². The van der Waals surface area contributed by atoms with Crippen LogP contribution in [0.4, 0.5) is 5.95 Å². The van der Waals surface area contributed by atoms with Gasteiger partial charge in [0.25, 0.3) is 0 Å². The van der Waals surface area contributed by atoms with Gasteiger partial charge in [0.15, 0.2) is 10.8 Å². The van der Waals surface area contributed by atoms with Crippen LogP contribution < -0.4 is 15.3 Å². The van der Waals surface area contributed by atoms with Gasteiger partial charge in [-0.1, -0.05) is 36.7 Å². The van der Waals surface area contributed by atoms with Crippen molar-refractivity contribution in [2.24, 2.45) is 5.92 Å². The van der Waals surface area contributed by atoms with Crippen molar-refractivity contribution < 1.29 is 27.9 Å². The van der Waals surface area contributed by atoms with Gasteiger partial charge in [-0.25, -0.2) is 9.55 Å². The average Bonchev–Trinajstić information content (AvgIpc) is 3.41. The Morgan fingerprint density at radius 1 is 1.30 bits per heavy atom. The third-order valence-corrected chi connectivity index (χ3v) is 7.49. The molecule has 200 valence electrons. The number of carbonyl (C=O) groups is 1. The van der Waals surface area contributed by atoms with Gasteiger partial charge in [0, 0.05) is 5.92 Å². The Morgan fingerprint density at radius 2 is 2.03 bits per heavy atom. The molecule has 0 saturated carbocycles. The standard InChI is InChI=1S/C23H30ClN6O6P/c1-13(2)34-22(31)15(4)29-37(32,36-16-8-6-5-7-9-16)33-11-17-10-14(3)21(35-17)30-12-26-18-19(24)27-23(25)28-20(18)30/h5-9,12-15,17,21H,10-11H2,1-4H3,(H,29,32)(H2,25,27,28)/t14-,15+,17-,21?,37+/m0/s1. The number of hydrogen-bond acceptors (Lipinski definition) is 10. The molecule has 0 bridgehead atoms. The van der Waals surface area contributed by atoms with E-state index in [0.717, 1.165) is 0 Å². The summed E-state index contributed by atoms with van der Waals surface area (Å²) in [5.41, 5.74) is 6.63. The molecular weight excluding hydrogens is 523 g/mol. The van der Waals surface area contributed by atoms with Crippen LogP contribution in [0.2, 0.25) is 5.15 Å². The number of para-hydroxylation sites is 1. The molecule has 0 aliphatic carbocycles. The van der Waals surface area contributed by atoms with Gasteiger partial charge in [-0.3, -0.25) is 13.9 Å². The molecule has 3 aromatic rings. The maximum atomic E-state index is 13.7. The molecule has 0 amide bonds. The highest BCUT2D eigenvalue weighted by atomic mass is 35.5. The molecule has 0 radical (unpaired) electrons. The van der Waals surface area contributed by atoms with E-state index in [1.54, 1.807) is 55.1 Å². The third kappa shape index (κ3) is 6.58. The van der Waals surface area contributed by atoms with E-state index in [9.17, 15) is 9.36 Å². The third-order valence-electron chi connectivity index (χ3n) is 5.58. The second-order valence-electron chi connectivity index (χ2n) is 9.09. The minimum Gasteiger partial charge on any atom is -0.462 e. The summed E-state index contributed by atoms with van der Waals surface area (Å²) in [5.74, 6) is -0.197. The lowest BCUT2D eigenvalue weighted by Gasteiger charge is -2.24. The van der Waals surface area contributed by atoms with E-state index < -0.39 is 32.1 Å². The second-order valence-corrected chi connectivity index (χ2v) is 11.1. The lowest BCUT2D eigenvalue weighted by Crippen LogP contribution is -2.36. The fourth-order valence-corrected chi connectivity index (χ4v) is 5.71. The minimum absolute atomic E-state index is 0.0278. The molecule has 0 spiro atoms. The van der Waals surface area contributed by atoms with Gasteiger partial charge in [-0.05, 0) is 39.3 Å². The Hall–Kier alpha value is -2.76. The van der Waals surface area contributed by atoms with E-state index >= 15 is 0 Å². The van der Waals surface area contributed by atoms with E-state index in [2.05, 4.69) is 20.0 Å². The highest BCUT2D eigenvalue weighted by molar-refractivity contribution is 7.52. The number of esters is 1. The zero-order chi connectivity index (χ0) is 26.7. The maximum absolute atomic E-state index is 13.7. The number of nitrogens with one attached hydrogen (secondary N) is 1. The zero-order valence-electron chi connectivity index (χ0n) is 20.9. The number of ether oxygens (including phenoxy) is 2. The molecule has 3 heterocycles. The molecule has 1 unspecified atom stereocenters. The van der Waals surface area contributed by atoms with Gasteiger partial charge in [0.05, 0.1) is 25.1 Å². The lowest BCUT2D eigenvalue weighted by molar-refractivity contribution is -0.149. The van der Waals surface area contributed by atoms with Crippen molar-refractivity contribution in [2.45, 2.75) is 58.6 Å². The van der Waals surface area contributed by atoms with Crippen LogP contribution in [0.15, 0.2) is 36.7 Å². The number of carbonyl (C=O) groups excluding carboxylic acids is 1. The summed E-state index contributed by atoms with van der Waals surface area (Å²) in [5, 5.41) is 2.83. The SMILES string of the molecule is CC(C)OC(=O)[C@@H](C)N[P@@](=O)(OC[C@@H]1C[C@H](C)C(n2cnc3c(Cl)nc(N)nc32)O1)Oc1ccccc1. The van der Waals surface area contributed by atoms with Crippen LogP contribution in [-0.4, -0.2) is 50.3 Å². The number of fused-ring (bicyclic) bond motifs is 1. The fraction of sp³-hybridized carbons (Fsp3) is 0.478. The van der Waals surface area contributed by atoms with Crippen LogP contribution in [0.5, 0.6) is 5.75 Å². The summed E-state index contributed by atoms with van der Waals surface area (Å²) in [4.78, 5) is 24.8. The summed E-state index contributed by atoms with van der Waals surface area (Å²) >= 11 is 6.15. The number of anilines is 1. The van der Waals surface area contributed by atoms with Crippen molar-refractivity contribution in [3.63, 3.8) is 0 Å². The Kier molecular flexibility index (Phi) is 8.35. The van der Waals surface area contributed by atoms with Crippen molar-refractivity contribution in [3.05, 3.63) is 41.8 Å². The number of aromatic nitrogens is 4. The Morgan fingerprint density at radius 3 is 2.73 bits per heavy atom. The van der Waals surface area contributed by atoms with Crippen molar-refractivity contribution in [1.82, 2.24) is 24.6 Å². The quantitative estimate of drug-likeness (QED) is 0.212. The van der Waals surface area contributed by atoms with Crippen molar-refractivity contribution >= 4 is 42.4 Å². The normalized spacial score (nSPS) is 22.2. The van der Waals surface area contributed by atoms with Crippen molar-refractivity contribution in [3.8, 4) is 5.75 Å². The lowest BCUT2D eigenvalue weighted by atomic mass is 10.1. The summed E-state index contributed by atoms with van der Waals surface area (Å²) in [6, 6.07) is 7.61. The topological polar surface area (TPSA) is 153 Å². The first kappa shape index (κ1) is 27.3. The number of imidazole rings is 1. The molecule has 2 aromatic heterocycles. The number of nitrogens with two attached hydrogens (primary N) is 1. The van der Waals surface area contributed by atoms with E-state index in [1.807, 2.05) is 6.92 Å². The molecule has 14 heteroatoms. The summed E-state index contributed by atoms with van der Waals surface area (Å²) in [7, 11) is -4.00. The molecular formula is C23H30ClN6O6P. The van der Waals surface area contributed by atoms with Crippen molar-refractivity contribution in [2.75, 3.05) is 12.3 Å². The molecule has 1 fully saturated rings. The van der Waals surface area contributed by atoms with Gasteiger partial charge in [0.1, 0.15) is 23.5 Å². The first-order chi connectivity index (χ1) is 17.5. The number of halogens is 1. The fourth-order valence-electron chi connectivity index (χ4n) is 3.96. The molecule has 1 aromatic carbocycles. The van der Waals surface area contributed by atoms with E-state index in [0.29, 0.717) is 23.3 Å². The van der Waals surface area contributed by atoms with Crippen LogP contribution in [0, 0.1) is 5.92 Å². The molecule has 1 aliphatic rings. The van der Waals surface area contributed by atoms with Crippen molar-refractivity contribution in [1.29, 1.82) is 0 Å². The van der Waals surface area contributed by atoms with Gasteiger partial charge in [-0.2, -0.15) is 15.1 Å². The van der Waals surface area contributed by atoms with Crippen LogP contribution in [0.3, 0.4) is 0 Å². The summed E-state index contributed by atoms with van der Waals surface area (Å²) in [6.45, 7) is 6.93. The summed E-state index contributed by atoms with van der Waals surface area (Å²) < 4.78 is 38.3. The number of nitrogen functional groups attached to an aromatic ring is 1. The first-order valence-corrected chi connectivity index (χ1v) is 13.7. The van der Waals surface area contributed by atoms with Gasteiger partial charge >= 0.3 is 13.7 Å². The molecule has 4 rings (SSSR count). The molecule has 1 saturated heterocycles. The molecule has 1 aliphatic heterocycles. The number of nitrogens with zero attached hydrogens (tertiary/aromatic N) is 4. The predicted molar refractivity (Wildman–Crippen MR) is 137 cm³/mol.